The summed E-state index contributed by atoms with van der Waals surface area (Å²) >= 11 is 5.92. The monoisotopic (exact) mass is 1640 g/mol. The van der Waals surface area contributed by atoms with Gasteiger partial charge in [-0.15, -0.1) is 0 Å². The molecule has 5 aliphatic heterocycles. The number of halogens is 1. The van der Waals surface area contributed by atoms with Gasteiger partial charge in [-0.2, -0.15) is 15.3 Å². The molecule has 20 rings (SSSR count). The van der Waals surface area contributed by atoms with Crippen LogP contribution in [0, 0.1) is 0 Å². The van der Waals surface area contributed by atoms with Crippen molar-refractivity contribution in [2.45, 2.75) is 127 Å². The fourth-order valence-electron chi connectivity index (χ4n) is 16.1. The minimum Gasteiger partial charge on any atom is -0.399 e. The lowest BCUT2D eigenvalue weighted by molar-refractivity contribution is -0.0395. The zero-order valence-electron chi connectivity index (χ0n) is 68.0. The second-order valence-electron chi connectivity index (χ2n) is 32.1. The van der Waals surface area contributed by atoms with Gasteiger partial charge in [0, 0.05) is 130 Å². The van der Waals surface area contributed by atoms with Gasteiger partial charge in [-0.3, -0.25) is 52.1 Å². The van der Waals surface area contributed by atoms with Crippen LogP contribution < -0.4 is 22.1 Å². The van der Waals surface area contributed by atoms with Gasteiger partial charge in [-0.25, -0.2) is 19.9 Å². The molecule has 0 amide bonds. The van der Waals surface area contributed by atoms with E-state index in [1.807, 2.05) is 177 Å². The number of nitrogens with zero attached hydrogens (tertiary/aromatic N) is 15. The SMILES string of the molecule is C1CCOC1.Cn1cc(-c2ccc(Cc3cc4c(=O)n([C@H]5CCOC[C@@H]5O)cnc4c4ccccc34)cn2)cn1.Cn1cc(-c2ccc(Cc3cc4c(=O)n([C@H]5CCOC[C@@H]5O)cnc4c4ccccc34)cn2)cn1.Cn1cc(B2OC(C)(C)C(C)(C)O2)cn1.O=c1c2cc(Cc3ccc(Cl)nc3)c3ccccc3c2ncn1[C@H]1CCOC[C@@H]1O. The Kier molecular flexibility index (Phi) is 24.6. The van der Waals surface area contributed by atoms with Crippen LogP contribution in [-0.2, 0) is 68.7 Å². The highest BCUT2D eigenvalue weighted by atomic mass is 35.5. The van der Waals surface area contributed by atoms with E-state index in [0.717, 1.165) is 107 Å². The number of aliphatic hydroxyl groups excluding tert-OH is 3. The first-order chi connectivity index (χ1) is 58.1. The van der Waals surface area contributed by atoms with Gasteiger partial charge in [-0.1, -0.05) is 103 Å². The lowest BCUT2D eigenvalue weighted by Crippen LogP contribution is -2.41. The van der Waals surface area contributed by atoms with Crippen molar-refractivity contribution in [1.29, 1.82) is 0 Å². The fraction of sp³-hybridized carbons (Fsp3) is 0.341. The van der Waals surface area contributed by atoms with E-state index >= 15 is 0 Å². The number of fused-ring (bicyclic) bond motifs is 9. The number of hydrogen-bond acceptors (Lipinski definition) is 21. The van der Waals surface area contributed by atoms with Crippen molar-refractivity contribution < 1.29 is 43.6 Å². The van der Waals surface area contributed by atoms with E-state index in [-0.39, 0.29) is 72.9 Å². The summed E-state index contributed by atoms with van der Waals surface area (Å²) < 4.78 is 42.7. The normalized spacial score (nSPS) is 19.5. The Balaban J connectivity index is 0.000000120. The number of aromatic nitrogens is 15. The first-order valence-corrected chi connectivity index (χ1v) is 40.9. The summed E-state index contributed by atoms with van der Waals surface area (Å²) in [7, 11) is 5.35. The molecule has 6 aromatic carbocycles. The van der Waals surface area contributed by atoms with E-state index in [4.69, 9.17) is 39.9 Å². The fourth-order valence-corrected chi connectivity index (χ4v) is 16.2. The lowest BCUT2D eigenvalue weighted by Gasteiger charge is -2.32. The average molecular weight is 1640 g/mol. The van der Waals surface area contributed by atoms with Crippen LogP contribution in [0.25, 0.3) is 87.5 Å². The minimum atomic E-state index is -0.731. The molecule has 0 bridgehead atoms. The highest BCUT2D eigenvalue weighted by molar-refractivity contribution is 6.62. The van der Waals surface area contributed by atoms with Gasteiger partial charge in [0.2, 0.25) is 0 Å². The van der Waals surface area contributed by atoms with E-state index in [1.54, 1.807) is 77.6 Å². The Morgan fingerprint density at radius 1 is 0.408 bits per heavy atom. The number of hydrogen-bond donors (Lipinski definition) is 3. The minimum absolute atomic E-state index is 0.141. The number of aliphatic hydroxyl groups is 3. The number of rotatable bonds is 12. The van der Waals surface area contributed by atoms with Gasteiger partial charge in [0.25, 0.3) is 16.7 Å². The van der Waals surface area contributed by atoms with Crippen LogP contribution >= 0.6 is 11.6 Å². The van der Waals surface area contributed by atoms with Gasteiger partial charge in [0.15, 0.2) is 0 Å². The third-order valence-corrected chi connectivity index (χ3v) is 23.5. The Hall–Kier alpha value is -11.4. The van der Waals surface area contributed by atoms with Crippen molar-refractivity contribution in [3.05, 3.63) is 272 Å². The summed E-state index contributed by atoms with van der Waals surface area (Å²) in [5, 5.41) is 51.8. The van der Waals surface area contributed by atoms with E-state index in [0.29, 0.717) is 96.2 Å². The quantitative estimate of drug-likeness (QED) is 0.0581. The summed E-state index contributed by atoms with van der Waals surface area (Å²) in [6.45, 7) is 12.4. The molecule has 0 aliphatic carbocycles. The number of ether oxygens (including phenoxy) is 4. The standard InChI is InChI=1S/2C27H25N5O3.C23H20ClN3O3.C10H17BN2O2.C4H8O/c2*1-31-14-19(13-30-31)23-7-6-17(12-28-23)10-18-11-22-26(21-5-3-2-4-20(18)21)29-16-32(27(22)34)24-8-9-35-15-25(24)33;24-21-6-5-14(11-25-21)9-15-10-18-22(17-4-2-1-3-16(15)17)26-13-27(23(18)29)19-7-8-30-12-20(19)28;1-9(2)10(3,4)15-11(14-9)8-6-12-13(5)7-8;1-2-4-5-3-1/h2*2-7,11-14,16,24-25,33H,8-10,15H2,1H3;1-6,10-11,13,19-20,28H,7-9,12H2;6-7H,1-5H3;1-4H2/t2*24-,25-;19-,20-;;/m000../s1. The molecule has 14 heterocycles. The molecule has 15 aromatic rings. The van der Waals surface area contributed by atoms with Crippen LogP contribution in [0.15, 0.2) is 217 Å². The Labute approximate surface area is 696 Å². The van der Waals surface area contributed by atoms with Crippen LogP contribution in [0.4, 0.5) is 0 Å². The maximum absolute atomic E-state index is 13.6. The number of benzene rings is 6. The van der Waals surface area contributed by atoms with Gasteiger partial charge in [0.05, 0.1) is 143 Å². The van der Waals surface area contributed by atoms with Crippen molar-refractivity contribution in [1.82, 2.24) is 72.9 Å². The van der Waals surface area contributed by atoms with E-state index < -0.39 is 18.3 Å². The molecule has 29 heteroatoms. The molecular weight excluding hydrogens is 1540 g/mol. The molecular formula is C91H95BClN15O12. The summed E-state index contributed by atoms with van der Waals surface area (Å²) in [6, 6.07) is 40.7. The highest BCUT2D eigenvalue weighted by Crippen LogP contribution is 2.38. The largest absolute Gasteiger partial charge is 0.498 e. The van der Waals surface area contributed by atoms with E-state index in [9.17, 15) is 29.7 Å². The Morgan fingerprint density at radius 3 is 1.06 bits per heavy atom. The molecule has 120 heavy (non-hydrogen) atoms. The first kappa shape index (κ1) is 82.3. The molecule has 0 unspecified atom stereocenters. The zero-order valence-corrected chi connectivity index (χ0v) is 68.8. The third kappa shape index (κ3) is 17.8. The molecule has 0 radical (unpaired) electrons. The first-order valence-electron chi connectivity index (χ1n) is 40.5. The van der Waals surface area contributed by atoms with Crippen LogP contribution in [0.3, 0.4) is 0 Å². The van der Waals surface area contributed by atoms with Gasteiger partial charge >= 0.3 is 7.12 Å². The van der Waals surface area contributed by atoms with E-state index in [2.05, 4.69) is 69.5 Å². The summed E-state index contributed by atoms with van der Waals surface area (Å²) in [5.41, 5.74) is 11.9. The maximum Gasteiger partial charge on any atom is 0.498 e. The average Bonchev–Trinajstić information content (AvgIpc) is 1.05. The van der Waals surface area contributed by atoms with Crippen LogP contribution in [0.2, 0.25) is 5.15 Å². The van der Waals surface area contributed by atoms with Gasteiger partial charge in [-0.05, 0) is 165 Å². The highest BCUT2D eigenvalue weighted by Gasteiger charge is 2.52. The van der Waals surface area contributed by atoms with Crippen molar-refractivity contribution in [2.75, 3.05) is 52.9 Å². The van der Waals surface area contributed by atoms with E-state index in [1.165, 1.54) is 12.8 Å². The lowest BCUT2D eigenvalue weighted by atomic mass is 9.82. The topological polar surface area (TPSA) is 313 Å². The van der Waals surface area contributed by atoms with Crippen LogP contribution in [-0.4, -0.2) is 178 Å². The molecule has 5 saturated heterocycles. The summed E-state index contributed by atoms with van der Waals surface area (Å²) in [5.74, 6) is 0. The van der Waals surface area contributed by atoms with Crippen molar-refractivity contribution in [3.63, 3.8) is 0 Å². The van der Waals surface area contributed by atoms with Crippen LogP contribution in [0.1, 0.15) is 111 Å². The maximum atomic E-state index is 13.6. The molecule has 27 nitrogen and oxygen atoms in total. The molecule has 6 atom stereocenters. The molecule has 5 aliphatic rings. The van der Waals surface area contributed by atoms with Gasteiger partial charge in [0.1, 0.15) is 5.15 Å². The molecule has 616 valence electrons. The predicted molar refractivity (Wildman–Crippen MR) is 461 cm³/mol. The molecule has 9 aromatic heterocycles. The smallest absolute Gasteiger partial charge is 0.399 e. The summed E-state index contributed by atoms with van der Waals surface area (Å²) in [4.78, 5) is 67.9. The van der Waals surface area contributed by atoms with Crippen molar-refractivity contribution in [2.24, 2.45) is 21.1 Å². The molecule has 5 fully saturated rings. The second kappa shape index (κ2) is 35.9. The van der Waals surface area contributed by atoms with Gasteiger partial charge < -0.3 is 43.6 Å². The van der Waals surface area contributed by atoms with Crippen molar-refractivity contribution >= 4 is 89.2 Å². The predicted octanol–water partition coefficient (Wildman–Crippen LogP) is 11.5. The zero-order chi connectivity index (χ0) is 83.3. The Morgan fingerprint density at radius 2 is 0.758 bits per heavy atom. The molecule has 0 spiro atoms. The number of pyridine rings is 3. The van der Waals surface area contributed by atoms with Crippen molar-refractivity contribution in [3.8, 4) is 22.5 Å². The third-order valence-electron chi connectivity index (χ3n) is 23.3. The molecule has 3 N–H and O–H groups in total. The van der Waals surface area contributed by atoms with Crippen LogP contribution in [0.5, 0.6) is 0 Å². The summed E-state index contributed by atoms with van der Waals surface area (Å²) in [6.07, 6.45) is 25.3. The molecule has 0 saturated carbocycles. The second-order valence-corrected chi connectivity index (χ2v) is 32.5. The number of aryl methyl sites for hydroxylation is 3. The Bertz CT molecular complexity index is 6100.